The Hall–Kier alpha value is -3.60. The molecule has 0 atom stereocenters. The van der Waals surface area contributed by atoms with Crippen LogP contribution in [0.25, 0.3) is 32.9 Å². The molecule has 3 saturated heterocycles. The number of piperidine rings is 1. The van der Waals surface area contributed by atoms with Gasteiger partial charge in [0.2, 0.25) is 0 Å². The number of aromatic nitrogens is 3. The van der Waals surface area contributed by atoms with E-state index >= 15 is 4.39 Å². The molecule has 2 aromatic carbocycles. The van der Waals surface area contributed by atoms with E-state index in [0.29, 0.717) is 49.3 Å². The normalized spacial score (nSPS) is 20.1. The van der Waals surface area contributed by atoms with Crippen molar-refractivity contribution in [1.29, 1.82) is 0 Å². The van der Waals surface area contributed by atoms with Crippen LogP contribution in [0.1, 0.15) is 38.5 Å². The molecular formula is C31H34FN5O4. The topological polar surface area (TPSA) is 115 Å². The van der Waals surface area contributed by atoms with E-state index in [-0.39, 0.29) is 35.1 Å². The number of hydrogen-bond acceptors (Lipinski definition) is 9. The van der Waals surface area contributed by atoms with Gasteiger partial charge >= 0.3 is 6.01 Å². The predicted octanol–water partition coefficient (Wildman–Crippen LogP) is 4.02. The first kappa shape index (κ1) is 26.3. The summed E-state index contributed by atoms with van der Waals surface area (Å²) in [5.74, 6) is -0.0953. The number of benzene rings is 2. The Kier molecular flexibility index (Phi) is 6.44. The van der Waals surface area contributed by atoms with Crippen molar-refractivity contribution in [3.63, 3.8) is 0 Å². The summed E-state index contributed by atoms with van der Waals surface area (Å²) < 4.78 is 22.8. The van der Waals surface area contributed by atoms with Gasteiger partial charge in [-0.25, -0.2) is 4.39 Å². The molecule has 9 nitrogen and oxygen atoms in total. The van der Waals surface area contributed by atoms with Crippen molar-refractivity contribution >= 4 is 27.5 Å². The number of anilines is 1. The SMILES string of the molecule is OCC1(O)CCN(c2nc(OCC34CCCN3CCC4)nc3c(F)c(-c4cc(O)cc5ccccc45)ncc23)CC1. The Labute approximate surface area is 237 Å². The minimum absolute atomic E-state index is 0.0222. The number of halogens is 1. The highest BCUT2D eigenvalue weighted by molar-refractivity contribution is 5.99. The fourth-order valence-electron chi connectivity index (χ4n) is 6.96. The summed E-state index contributed by atoms with van der Waals surface area (Å²) in [5.41, 5.74) is -0.509. The molecule has 3 aliphatic rings. The van der Waals surface area contributed by atoms with Crippen molar-refractivity contribution in [1.82, 2.24) is 19.9 Å². The number of rotatable bonds is 6. The molecule has 3 fully saturated rings. The Bertz CT molecular complexity index is 1610. The maximum Gasteiger partial charge on any atom is 0.319 e. The Morgan fingerprint density at radius 2 is 1.71 bits per heavy atom. The first-order valence-electron chi connectivity index (χ1n) is 14.4. The summed E-state index contributed by atoms with van der Waals surface area (Å²) in [7, 11) is 0. The third-order valence-corrected chi connectivity index (χ3v) is 9.31. The molecule has 4 aromatic rings. The second kappa shape index (κ2) is 10.0. The summed E-state index contributed by atoms with van der Waals surface area (Å²) >= 11 is 0. The molecule has 0 unspecified atom stereocenters. The van der Waals surface area contributed by atoms with Gasteiger partial charge < -0.3 is 25.0 Å². The highest BCUT2D eigenvalue weighted by Crippen LogP contribution is 2.40. The van der Waals surface area contributed by atoms with Crippen LogP contribution in [0, 0.1) is 5.82 Å². The molecule has 0 aliphatic carbocycles. The van der Waals surface area contributed by atoms with Crippen LogP contribution in [0.15, 0.2) is 42.6 Å². The van der Waals surface area contributed by atoms with Crippen LogP contribution in [0.5, 0.6) is 11.8 Å². The molecule has 2 aromatic heterocycles. The van der Waals surface area contributed by atoms with E-state index in [0.717, 1.165) is 49.5 Å². The van der Waals surface area contributed by atoms with Gasteiger partial charge in [-0.05, 0) is 74.5 Å². The number of phenolic OH excluding ortho intramolecular Hbond substituents is 1. The number of fused-ring (bicyclic) bond motifs is 3. The van der Waals surface area contributed by atoms with Crippen LogP contribution in [0.3, 0.4) is 0 Å². The summed E-state index contributed by atoms with van der Waals surface area (Å²) in [6.07, 6.45) is 6.68. The molecular weight excluding hydrogens is 525 g/mol. The summed E-state index contributed by atoms with van der Waals surface area (Å²) in [6, 6.07) is 10.7. The predicted molar refractivity (Wildman–Crippen MR) is 154 cm³/mol. The Balaban J connectivity index is 1.33. The zero-order valence-electron chi connectivity index (χ0n) is 22.9. The van der Waals surface area contributed by atoms with Crippen LogP contribution < -0.4 is 9.64 Å². The van der Waals surface area contributed by atoms with Crippen molar-refractivity contribution in [3.05, 3.63) is 48.4 Å². The minimum atomic E-state index is -1.14. The molecule has 10 heteroatoms. The number of ether oxygens (including phenoxy) is 1. The number of pyridine rings is 1. The molecule has 41 heavy (non-hydrogen) atoms. The Morgan fingerprint density at radius 3 is 2.46 bits per heavy atom. The summed E-state index contributed by atoms with van der Waals surface area (Å²) in [6.45, 7) is 3.13. The number of aliphatic hydroxyl groups excluding tert-OH is 1. The van der Waals surface area contributed by atoms with Gasteiger partial charge in [-0.1, -0.05) is 24.3 Å². The van der Waals surface area contributed by atoms with Gasteiger partial charge in [-0.3, -0.25) is 9.88 Å². The van der Waals surface area contributed by atoms with E-state index in [1.165, 1.54) is 6.07 Å². The molecule has 3 aliphatic heterocycles. The van der Waals surface area contributed by atoms with Crippen LogP contribution >= 0.6 is 0 Å². The van der Waals surface area contributed by atoms with Crippen molar-refractivity contribution in [2.75, 3.05) is 44.3 Å². The standard InChI is InChI=1S/C31H34FN5O4/c32-25-26(23-16-21(39)15-20-5-1-2-6-22(20)23)33-17-24-27(25)34-29(41-19-30-7-3-11-37(30)12-4-8-30)35-28(24)36-13-9-31(40,18-38)10-14-36/h1-2,5-6,15-17,38-40H,3-4,7-14,18-19H2. The lowest BCUT2D eigenvalue weighted by Crippen LogP contribution is -2.47. The van der Waals surface area contributed by atoms with Gasteiger partial charge in [-0.15, -0.1) is 0 Å². The second-order valence-corrected chi connectivity index (χ2v) is 11.8. The number of aromatic hydroxyl groups is 1. The molecule has 3 N–H and O–H groups in total. The van der Waals surface area contributed by atoms with E-state index in [4.69, 9.17) is 9.72 Å². The number of aliphatic hydroxyl groups is 2. The smallest absolute Gasteiger partial charge is 0.319 e. The highest BCUT2D eigenvalue weighted by Gasteiger charge is 2.45. The molecule has 0 bridgehead atoms. The fraction of sp³-hybridized carbons (Fsp3) is 0.452. The fourth-order valence-corrected chi connectivity index (χ4v) is 6.96. The molecule has 214 valence electrons. The van der Waals surface area contributed by atoms with E-state index in [1.54, 1.807) is 12.3 Å². The van der Waals surface area contributed by atoms with Gasteiger partial charge in [0.1, 0.15) is 29.4 Å². The lowest BCUT2D eigenvalue weighted by Gasteiger charge is -2.38. The first-order chi connectivity index (χ1) is 19.9. The van der Waals surface area contributed by atoms with Gasteiger partial charge in [0.15, 0.2) is 5.82 Å². The number of phenols is 1. The minimum Gasteiger partial charge on any atom is -0.508 e. The maximum atomic E-state index is 16.5. The molecule has 5 heterocycles. The maximum absolute atomic E-state index is 16.5. The number of nitrogens with zero attached hydrogens (tertiary/aromatic N) is 5. The quantitative estimate of drug-likeness (QED) is 0.322. The van der Waals surface area contributed by atoms with Crippen molar-refractivity contribution < 1.29 is 24.4 Å². The van der Waals surface area contributed by atoms with Gasteiger partial charge in [0.25, 0.3) is 0 Å². The molecule has 0 saturated carbocycles. The van der Waals surface area contributed by atoms with E-state index < -0.39 is 11.4 Å². The average Bonchev–Trinajstić information content (AvgIpc) is 3.57. The average molecular weight is 560 g/mol. The molecule has 0 radical (unpaired) electrons. The van der Waals surface area contributed by atoms with E-state index in [1.807, 2.05) is 29.2 Å². The zero-order valence-corrected chi connectivity index (χ0v) is 22.9. The third-order valence-electron chi connectivity index (χ3n) is 9.31. The Morgan fingerprint density at radius 1 is 0.951 bits per heavy atom. The van der Waals surface area contributed by atoms with Crippen LogP contribution in [-0.2, 0) is 0 Å². The van der Waals surface area contributed by atoms with Crippen molar-refractivity contribution in [3.8, 4) is 23.0 Å². The molecule has 7 rings (SSSR count). The number of hydrogen-bond donors (Lipinski definition) is 3. The lowest BCUT2D eigenvalue weighted by molar-refractivity contribution is -0.0326. The van der Waals surface area contributed by atoms with Crippen LogP contribution in [0.2, 0.25) is 0 Å². The van der Waals surface area contributed by atoms with Gasteiger partial charge in [0, 0.05) is 24.8 Å². The van der Waals surface area contributed by atoms with Gasteiger partial charge in [0.05, 0.1) is 23.1 Å². The third kappa shape index (κ3) is 4.54. The van der Waals surface area contributed by atoms with Crippen LogP contribution in [0.4, 0.5) is 10.2 Å². The summed E-state index contributed by atoms with van der Waals surface area (Å²) in [5, 5.41) is 32.6. The highest BCUT2D eigenvalue weighted by atomic mass is 19.1. The van der Waals surface area contributed by atoms with Crippen molar-refractivity contribution in [2.24, 2.45) is 0 Å². The molecule has 0 amide bonds. The van der Waals surface area contributed by atoms with E-state index in [9.17, 15) is 15.3 Å². The van der Waals surface area contributed by atoms with E-state index in [2.05, 4.69) is 14.9 Å². The monoisotopic (exact) mass is 559 g/mol. The van der Waals surface area contributed by atoms with Gasteiger partial charge in [-0.2, -0.15) is 9.97 Å². The lowest BCUT2D eigenvalue weighted by atomic mass is 9.92. The van der Waals surface area contributed by atoms with Crippen LogP contribution in [-0.4, -0.2) is 85.7 Å². The first-order valence-corrected chi connectivity index (χ1v) is 14.4. The van der Waals surface area contributed by atoms with Crippen molar-refractivity contribution in [2.45, 2.75) is 49.7 Å². The molecule has 0 spiro atoms. The zero-order chi connectivity index (χ0) is 28.2. The summed E-state index contributed by atoms with van der Waals surface area (Å²) in [4.78, 5) is 18.3. The largest absolute Gasteiger partial charge is 0.508 e. The second-order valence-electron chi connectivity index (χ2n) is 11.8.